The van der Waals surface area contributed by atoms with Gasteiger partial charge in [0.1, 0.15) is 5.01 Å². The van der Waals surface area contributed by atoms with Gasteiger partial charge in [-0.2, -0.15) is 11.8 Å². The fourth-order valence-corrected chi connectivity index (χ4v) is 3.00. The van der Waals surface area contributed by atoms with Crippen molar-refractivity contribution in [2.24, 2.45) is 0 Å². The third kappa shape index (κ3) is 3.75. The number of thioether (sulfide) groups is 1. The fourth-order valence-electron chi connectivity index (χ4n) is 1.48. The van der Waals surface area contributed by atoms with Gasteiger partial charge >= 0.3 is 0 Å². The highest BCUT2D eigenvalue weighted by molar-refractivity contribution is 7.97. The summed E-state index contributed by atoms with van der Waals surface area (Å²) in [7, 11) is 0. The molecule has 0 fully saturated rings. The zero-order chi connectivity index (χ0) is 12.1. The number of nitrogens with one attached hydrogen (secondary N) is 1. The predicted molar refractivity (Wildman–Crippen MR) is 77.8 cm³/mol. The van der Waals surface area contributed by atoms with Gasteiger partial charge in [0.05, 0.1) is 12.2 Å². The summed E-state index contributed by atoms with van der Waals surface area (Å²) in [5, 5.41) is 6.72. The van der Waals surface area contributed by atoms with E-state index in [-0.39, 0.29) is 0 Å². The van der Waals surface area contributed by atoms with Crippen molar-refractivity contribution in [3.8, 4) is 0 Å². The minimum Gasteiger partial charge on any atom is -0.379 e. The van der Waals surface area contributed by atoms with Crippen molar-refractivity contribution in [3.05, 3.63) is 45.9 Å². The maximum atomic E-state index is 4.57. The van der Waals surface area contributed by atoms with Crippen molar-refractivity contribution in [1.29, 1.82) is 0 Å². The molecule has 17 heavy (non-hydrogen) atoms. The number of aromatic nitrogens is 1. The Morgan fingerprint density at radius 2 is 2.06 bits per heavy atom. The third-order valence-corrected chi connectivity index (χ3v) is 4.03. The summed E-state index contributed by atoms with van der Waals surface area (Å²) in [5.74, 6) is 1.01. The van der Waals surface area contributed by atoms with Gasteiger partial charge in [-0.05, 0) is 25.3 Å². The largest absolute Gasteiger partial charge is 0.379 e. The molecule has 2 rings (SSSR count). The van der Waals surface area contributed by atoms with E-state index in [1.54, 1.807) is 11.3 Å². The number of anilines is 1. The molecule has 0 saturated carbocycles. The van der Waals surface area contributed by atoms with Gasteiger partial charge in [0.2, 0.25) is 0 Å². The normalized spacial score (nSPS) is 10.5. The average Bonchev–Trinajstić information content (AvgIpc) is 2.77. The Labute approximate surface area is 110 Å². The summed E-state index contributed by atoms with van der Waals surface area (Å²) < 4.78 is 0. The number of aryl methyl sites for hydroxylation is 1. The molecule has 0 spiro atoms. The SMILES string of the molecule is CSCc1nc(CNc2ccc(C)cc2)cs1. The Bertz CT molecular complexity index is 463. The van der Waals surface area contributed by atoms with E-state index in [9.17, 15) is 0 Å². The van der Waals surface area contributed by atoms with Gasteiger partial charge < -0.3 is 5.32 Å². The van der Waals surface area contributed by atoms with Crippen LogP contribution in [-0.2, 0) is 12.3 Å². The maximum absolute atomic E-state index is 4.57. The molecule has 0 unspecified atom stereocenters. The molecule has 0 bridgehead atoms. The third-order valence-electron chi connectivity index (χ3n) is 2.39. The second-order valence-electron chi connectivity index (χ2n) is 3.89. The van der Waals surface area contributed by atoms with Crippen LogP contribution in [0.15, 0.2) is 29.6 Å². The summed E-state index contributed by atoms with van der Waals surface area (Å²) in [5.41, 5.74) is 3.56. The highest BCUT2D eigenvalue weighted by atomic mass is 32.2. The summed E-state index contributed by atoms with van der Waals surface area (Å²) in [6, 6.07) is 8.43. The van der Waals surface area contributed by atoms with E-state index in [1.165, 1.54) is 10.6 Å². The summed E-state index contributed by atoms with van der Waals surface area (Å²) in [4.78, 5) is 4.57. The molecule has 0 aliphatic carbocycles. The molecule has 1 aromatic carbocycles. The van der Waals surface area contributed by atoms with Crippen molar-refractivity contribution in [3.63, 3.8) is 0 Å². The minimum atomic E-state index is 0.800. The van der Waals surface area contributed by atoms with E-state index in [0.29, 0.717) is 0 Å². The number of benzene rings is 1. The van der Waals surface area contributed by atoms with Gasteiger partial charge in [0.15, 0.2) is 0 Å². The van der Waals surface area contributed by atoms with Crippen molar-refractivity contribution < 1.29 is 0 Å². The Morgan fingerprint density at radius 1 is 1.29 bits per heavy atom. The molecule has 90 valence electrons. The van der Waals surface area contributed by atoms with Crippen molar-refractivity contribution in [2.45, 2.75) is 19.2 Å². The lowest BCUT2D eigenvalue weighted by molar-refractivity contribution is 1.05. The van der Waals surface area contributed by atoms with Crippen LogP contribution >= 0.6 is 23.1 Å². The van der Waals surface area contributed by atoms with E-state index in [2.05, 4.69) is 53.1 Å². The first-order chi connectivity index (χ1) is 8.28. The van der Waals surface area contributed by atoms with E-state index in [4.69, 9.17) is 0 Å². The Kier molecular flexibility index (Phi) is 4.45. The quantitative estimate of drug-likeness (QED) is 0.886. The molecule has 1 N–H and O–H groups in total. The molecule has 1 heterocycles. The zero-order valence-electron chi connectivity index (χ0n) is 10.1. The number of hydrogen-bond acceptors (Lipinski definition) is 4. The molecular formula is C13H16N2S2. The van der Waals surface area contributed by atoms with Gasteiger partial charge in [-0.15, -0.1) is 11.3 Å². The smallest absolute Gasteiger partial charge is 0.103 e. The van der Waals surface area contributed by atoms with Crippen molar-refractivity contribution in [1.82, 2.24) is 4.98 Å². The molecule has 2 nitrogen and oxygen atoms in total. The topological polar surface area (TPSA) is 24.9 Å². The van der Waals surface area contributed by atoms with Crippen molar-refractivity contribution >= 4 is 28.8 Å². The molecule has 0 aliphatic heterocycles. The molecule has 0 atom stereocenters. The standard InChI is InChI=1S/C13H16N2S2/c1-10-3-5-11(6-4-10)14-7-12-8-17-13(15-12)9-16-2/h3-6,8,14H,7,9H2,1-2H3. The van der Waals surface area contributed by atoms with Crippen LogP contribution in [0.3, 0.4) is 0 Å². The highest BCUT2D eigenvalue weighted by Crippen LogP contribution is 2.16. The number of nitrogens with zero attached hydrogens (tertiary/aromatic N) is 1. The number of rotatable bonds is 5. The Balaban J connectivity index is 1.90. The second kappa shape index (κ2) is 6.07. The fraction of sp³-hybridized carbons (Fsp3) is 0.308. The summed E-state index contributed by atoms with van der Waals surface area (Å²) in [6.45, 7) is 2.90. The van der Waals surface area contributed by atoms with Crippen LogP contribution in [0.5, 0.6) is 0 Å². The van der Waals surface area contributed by atoms with Crippen LogP contribution in [0, 0.1) is 6.92 Å². The zero-order valence-corrected chi connectivity index (χ0v) is 11.7. The first-order valence-electron chi connectivity index (χ1n) is 5.50. The lowest BCUT2D eigenvalue weighted by atomic mass is 10.2. The van der Waals surface area contributed by atoms with Crippen molar-refractivity contribution in [2.75, 3.05) is 11.6 Å². The van der Waals surface area contributed by atoms with E-state index in [0.717, 1.165) is 23.7 Å². The monoisotopic (exact) mass is 264 g/mol. The Hall–Kier alpha value is -1.00. The Morgan fingerprint density at radius 3 is 2.76 bits per heavy atom. The number of hydrogen-bond donors (Lipinski definition) is 1. The number of thiazole rings is 1. The second-order valence-corrected chi connectivity index (χ2v) is 5.69. The van der Waals surface area contributed by atoms with Crippen LogP contribution < -0.4 is 5.32 Å². The van der Waals surface area contributed by atoms with Gasteiger partial charge in [0.25, 0.3) is 0 Å². The molecular weight excluding hydrogens is 248 g/mol. The van der Waals surface area contributed by atoms with Gasteiger partial charge in [-0.1, -0.05) is 17.7 Å². The van der Waals surface area contributed by atoms with Crippen LogP contribution in [0.4, 0.5) is 5.69 Å². The van der Waals surface area contributed by atoms with E-state index >= 15 is 0 Å². The molecule has 0 radical (unpaired) electrons. The molecule has 2 aromatic rings. The maximum Gasteiger partial charge on any atom is 0.103 e. The van der Waals surface area contributed by atoms with Crippen LogP contribution in [0.2, 0.25) is 0 Å². The summed E-state index contributed by atoms with van der Waals surface area (Å²) in [6.07, 6.45) is 2.10. The summed E-state index contributed by atoms with van der Waals surface area (Å²) >= 11 is 3.55. The molecule has 1 aromatic heterocycles. The molecule has 0 amide bonds. The molecule has 0 aliphatic rings. The first kappa shape index (κ1) is 12.5. The highest BCUT2D eigenvalue weighted by Gasteiger charge is 2.01. The van der Waals surface area contributed by atoms with Crippen LogP contribution in [-0.4, -0.2) is 11.2 Å². The lowest BCUT2D eigenvalue weighted by Crippen LogP contribution is -1.99. The van der Waals surface area contributed by atoms with E-state index in [1.807, 2.05) is 11.8 Å². The van der Waals surface area contributed by atoms with Gasteiger partial charge in [-0.25, -0.2) is 4.98 Å². The predicted octanol–water partition coefficient (Wildman–Crippen LogP) is 3.93. The van der Waals surface area contributed by atoms with Crippen LogP contribution in [0.25, 0.3) is 0 Å². The molecule has 4 heteroatoms. The average molecular weight is 264 g/mol. The lowest BCUT2D eigenvalue weighted by Gasteiger charge is -2.04. The minimum absolute atomic E-state index is 0.800. The van der Waals surface area contributed by atoms with Gasteiger partial charge in [-0.3, -0.25) is 0 Å². The molecule has 0 saturated heterocycles. The van der Waals surface area contributed by atoms with E-state index < -0.39 is 0 Å². The van der Waals surface area contributed by atoms with Gasteiger partial charge in [0, 0.05) is 16.8 Å². The first-order valence-corrected chi connectivity index (χ1v) is 7.78. The van der Waals surface area contributed by atoms with Crippen LogP contribution in [0.1, 0.15) is 16.3 Å².